The minimum absolute atomic E-state index is 0.0788. The van der Waals surface area contributed by atoms with Crippen LogP contribution in [-0.4, -0.2) is 49.1 Å². The lowest BCUT2D eigenvalue weighted by atomic mass is 9.49. The van der Waals surface area contributed by atoms with E-state index in [1.165, 1.54) is 6.92 Å². The molecule has 4 rings (SSSR count). The van der Waals surface area contributed by atoms with Gasteiger partial charge in [0, 0.05) is 5.57 Å². The zero-order valence-corrected chi connectivity index (χ0v) is 18.5. The monoisotopic (exact) mass is 500 g/mol. The van der Waals surface area contributed by atoms with Crippen LogP contribution >= 0.6 is 0 Å². The number of alkyl halides is 6. The van der Waals surface area contributed by atoms with Gasteiger partial charge in [-0.1, -0.05) is 6.58 Å². The first-order valence-corrected chi connectivity index (χ1v) is 10.9. The van der Waals surface area contributed by atoms with Crippen molar-refractivity contribution in [1.82, 2.24) is 0 Å². The van der Waals surface area contributed by atoms with Gasteiger partial charge in [-0.15, -0.1) is 0 Å². The number of halogens is 6. The zero-order chi connectivity index (χ0) is 25.5. The summed E-state index contributed by atoms with van der Waals surface area (Å²) in [5.41, 5.74) is -6.28. The minimum Gasteiger partial charge on any atom is -0.459 e. The van der Waals surface area contributed by atoms with Gasteiger partial charge < -0.3 is 14.2 Å². The maximum atomic E-state index is 13.7. The highest BCUT2D eigenvalue weighted by molar-refractivity contribution is 5.87. The molecule has 0 aliphatic heterocycles. The quantitative estimate of drug-likeness (QED) is 0.159. The molecule has 192 valence electrons. The van der Waals surface area contributed by atoms with Crippen LogP contribution in [0.5, 0.6) is 0 Å². The lowest BCUT2D eigenvalue weighted by Gasteiger charge is -2.56. The number of esters is 3. The van der Waals surface area contributed by atoms with E-state index in [2.05, 4.69) is 20.8 Å². The molecule has 0 heterocycles. The molecule has 6 nitrogen and oxygen atoms in total. The molecule has 4 saturated carbocycles. The van der Waals surface area contributed by atoms with Gasteiger partial charge in [0.2, 0.25) is 0 Å². The zero-order valence-electron chi connectivity index (χ0n) is 18.5. The third kappa shape index (κ3) is 5.05. The van der Waals surface area contributed by atoms with Gasteiger partial charge in [-0.05, 0) is 68.6 Å². The summed E-state index contributed by atoms with van der Waals surface area (Å²) in [6.45, 7) is 2.58. The molecule has 4 fully saturated rings. The van der Waals surface area contributed by atoms with Crippen molar-refractivity contribution in [3.63, 3.8) is 0 Å². The molecular formula is C22H26F6O6. The van der Waals surface area contributed by atoms with E-state index in [1.807, 2.05) is 0 Å². The summed E-state index contributed by atoms with van der Waals surface area (Å²) in [5, 5.41) is 0. The molecule has 0 radical (unpaired) electrons. The maximum Gasteiger partial charge on any atom is 0.449 e. The van der Waals surface area contributed by atoms with E-state index in [0.29, 0.717) is 37.0 Å². The second kappa shape index (κ2) is 9.07. The molecule has 0 aromatic heterocycles. The Kier molecular flexibility index (Phi) is 7.02. The largest absolute Gasteiger partial charge is 0.459 e. The van der Waals surface area contributed by atoms with Crippen LogP contribution in [0.1, 0.15) is 51.9 Å². The Bertz CT molecular complexity index is 797. The Morgan fingerprint density at radius 2 is 1.29 bits per heavy atom. The number of hydrogen-bond donors (Lipinski definition) is 0. The van der Waals surface area contributed by atoms with Crippen LogP contribution in [0.15, 0.2) is 12.2 Å². The molecule has 0 amide bonds. The molecule has 0 unspecified atom stereocenters. The minimum atomic E-state index is -6.34. The van der Waals surface area contributed by atoms with Gasteiger partial charge in [0.15, 0.2) is 0 Å². The van der Waals surface area contributed by atoms with Gasteiger partial charge in [-0.2, -0.15) is 26.3 Å². The van der Waals surface area contributed by atoms with E-state index < -0.39 is 60.9 Å². The summed E-state index contributed by atoms with van der Waals surface area (Å²) in [4.78, 5) is 35.9. The molecule has 34 heavy (non-hydrogen) atoms. The average Bonchev–Trinajstić information content (AvgIpc) is 2.65. The van der Waals surface area contributed by atoms with Gasteiger partial charge in [0.25, 0.3) is 0 Å². The highest BCUT2D eigenvalue weighted by atomic mass is 19.4. The summed E-state index contributed by atoms with van der Waals surface area (Å²) in [6, 6.07) is 0. The SMILES string of the molecule is C=C(C)C(=O)OCCOC(=O)C(OC(=O)CC12CC3CC(CC(C3)C1)C2)(C(F)(F)F)C(F)(F)F. The lowest BCUT2D eigenvalue weighted by Crippen LogP contribution is -2.65. The topological polar surface area (TPSA) is 78.9 Å². The number of carbonyl (C=O) groups excluding carboxylic acids is 3. The Morgan fingerprint density at radius 1 is 0.853 bits per heavy atom. The van der Waals surface area contributed by atoms with Crippen LogP contribution in [0.25, 0.3) is 0 Å². The molecule has 4 aliphatic rings. The van der Waals surface area contributed by atoms with Crippen molar-refractivity contribution < 1.29 is 54.9 Å². The van der Waals surface area contributed by atoms with Crippen LogP contribution in [-0.2, 0) is 28.6 Å². The summed E-state index contributed by atoms with van der Waals surface area (Å²) in [6.07, 6.45) is -8.84. The highest BCUT2D eigenvalue weighted by Crippen LogP contribution is 2.61. The Hall–Kier alpha value is -2.27. The number of hydrogen-bond acceptors (Lipinski definition) is 6. The molecular weight excluding hydrogens is 474 g/mol. The third-order valence-corrected chi connectivity index (χ3v) is 6.94. The number of rotatable bonds is 8. The molecule has 0 spiro atoms. The molecule has 0 aromatic carbocycles. The fourth-order valence-corrected chi connectivity index (χ4v) is 6.06. The predicted molar refractivity (Wildman–Crippen MR) is 103 cm³/mol. The molecule has 0 N–H and O–H groups in total. The molecule has 0 aromatic rings. The summed E-state index contributed by atoms with van der Waals surface area (Å²) in [7, 11) is 0. The lowest BCUT2D eigenvalue weighted by molar-refractivity contribution is -0.359. The van der Waals surface area contributed by atoms with E-state index in [-0.39, 0.29) is 5.57 Å². The normalized spacial score (nSPS) is 28.4. The van der Waals surface area contributed by atoms with Gasteiger partial charge in [-0.25, -0.2) is 9.59 Å². The van der Waals surface area contributed by atoms with Gasteiger partial charge in [0.1, 0.15) is 13.2 Å². The van der Waals surface area contributed by atoms with Crippen LogP contribution in [0.3, 0.4) is 0 Å². The van der Waals surface area contributed by atoms with Gasteiger partial charge >= 0.3 is 35.9 Å². The van der Waals surface area contributed by atoms with Crippen molar-refractivity contribution >= 4 is 17.9 Å². The first-order valence-electron chi connectivity index (χ1n) is 10.9. The standard InChI is InChI=1S/C22H26F6O6/c1-12(2)17(30)32-3-4-33-18(31)20(21(23,24)25,22(26,27)28)34-16(29)11-19-8-13-5-14(9-19)7-15(6-13)10-19/h13-15H,1,3-11H2,2H3. The fraction of sp³-hybridized carbons (Fsp3) is 0.773. The van der Waals surface area contributed by atoms with Crippen molar-refractivity contribution in [2.75, 3.05) is 13.2 Å². The van der Waals surface area contributed by atoms with Crippen molar-refractivity contribution in [2.45, 2.75) is 69.8 Å². The highest BCUT2D eigenvalue weighted by Gasteiger charge is 2.80. The summed E-state index contributed by atoms with van der Waals surface area (Å²) in [5.74, 6) is -4.70. The van der Waals surface area contributed by atoms with Gasteiger partial charge in [0.05, 0.1) is 6.42 Å². The number of carbonyl (C=O) groups is 3. The molecule has 0 saturated heterocycles. The molecule has 12 heteroatoms. The Morgan fingerprint density at radius 3 is 1.71 bits per heavy atom. The first kappa shape index (κ1) is 26.3. The third-order valence-electron chi connectivity index (χ3n) is 6.94. The van der Waals surface area contributed by atoms with E-state index >= 15 is 0 Å². The van der Waals surface area contributed by atoms with E-state index in [0.717, 1.165) is 19.3 Å². The van der Waals surface area contributed by atoms with Crippen LogP contribution < -0.4 is 0 Å². The average molecular weight is 500 g/mol. The van der Waals surface area contributed by atoms with Crippen molar-refractivity contribution in [2.24, 2.45) is 23.2 Å². The second-order valence-electron chi connectivity index (χ2n) is 9.80. The second-order valence-corrected chi connectivity index (χ2v) is 9.80. The van der Waals surface area contributed by atoms with E-state index in [1.54, 1.807) is 0 Å². The van der Waals surface area contributed by atoms with Crippen LogP contribution in [0.2, 0.25) is 0 Å². The molecule has 4 aliphatic carbocycles. The summed E-state index contributed by atoms with van der Waals surface area (Å²) < 4.78 is 95.0. The van der Waals surface area contributed by atoms with Crippen LogP contribution in [0.4, 0.5) is 26.3 Å². The van der Waals surface area contributed by atoms with Crippen molar-refractivity contribution in [3.8, 4) is 0 Å². The van der Waals surface area contributed by atoms with Crippen LogP contribution in [0, 0.1) is 23.2 Å². The maximum absolute atomic E-state index is 13.7. The van der Waals surface area contributed by atoms with E-state index in [4.69, 9.17) is 0 Å². The van der Waals surface area contributed by atoms with Gasteiger partial charge in [-0.3, -0.25) is 4.79 Å². The van der Waals surface area contributed by atoms with Crippen molar-refractivity contribution in [3.05, 3.63) is 12.2 Å². The Balaban J connectivity index is 1.75. The van der Waals surface area contributed by atoms with E-state index in [9.17, 15) is 40.7 Å². The molecule has 0 atom stereocenters. The summed E-state index contributed by atoms with van der Waals surface area (Å²) >= 11 is 0. The smallest absolute Gasteiger partial charge is 0.449 e. The van der Waals surface area contributed by atoms with Crippen molar-refractivity contribution in [1.29, 1.82) is 0 Å². The predicted octanol–water partition coefficient (Wildman–Crippen LogP) is 4.66. The first-order chi connectivity index (χ1) is 15.6. The molecule has 4 bridgehead atoms. The number of ether oxygens (including phenoxy) is 3. The Labute approximate surface area is 192 Å². The fourth-order valence-electron chi connectivity index (χ4n) is 6.06.